The fourth-order valence-electron chi connectivity index (χ4n) is 2.80. The zero-order valence-corrected chi connectivity index (χ0v) is 9.90. The molecule has 0 fully saturated rings. The minimum absolute atomic E-state index is 0.0358. The van der Waals surface area contributed by atoms with Gasteiger partial charge in [0.05, 0.1) is 5.69 Å². The topological polar surface area (TPSA) is 12.9 Å². The lowest BCUT2D eigenvalue weighted by Gasteiger charge is -2.27. The Hall–Kier alpha value is -2.29. The quantitative estimate of drug-likeness (QED) is 0.580. The monoisotopic (exact) mass is 253 g/mol. The molecule has 0 amide bonds. The molecule has 92 valence electrons. The molecule has 0 saturated carbocycles. The van der Waals surface area contributed by atoms with E-state index in [0.717, 1.165) is 5.39 Å². The second kappa shape index (κ2) is 3.38. The minimum atomic E-state index is -2.97. The molecular weight excluding hydrogens is 244 g/mol. The lowest BCUT2D eigenvalue weighted by molar-refractivity contribution is 0.0443. The van der Waals surface area contributed by atoms with Crippen LogP contribution in [0.2, 0.25) is 0 Å². The summed E-state index contributed by atoms with van der Waals surface area (Å²) in [5.74, 6) is -2.97. The van der Waals surface area contributed by atoms with Gasteiger partial charge in [-0.3, -0.25) is 4.98 Å². The van der Waals surface area contributed by atoms with Crippen molar-refractivity contribution in [3.63, 3.8) is 0 Å². The molecular formula is C16H9F2N. The Labute approximate surface area is 108 Å². The number of hydrogen-bond acceptors (Lipinski definition) is 1. The predicted octanol–water partition coefficient (Wildman–Crippen LogP) is 4.36. The van der Waals surface area contributed by atoms with E-state index in [1.165, 1.54) is 12.1 Å². The van der Waals surface area contributed by atoms with Gasteiger partial charge in [-0.1, -0.05) is 42.5 Å². The van der Waals surface area contributed by atoms with Crippen molar-refractivity contribution in [2.45, 2.75) is 5.92 Å². The summed E-state index contributed by atoms with van der Waals surface area (Å²) >= 11 is 0. The maximum absolute atomic E-state index is 14.6. The average molecular weight is 253 g/mol. The van der Waals surface area contributed by atoms with Crippen molar-refractivity contribution < 1.29 is 8.78 Å². The van der Waals surface area contributed by atoms with Crippen molar-refractivity contribution in [1.82, 2.24) is 4.98 Å². The first-order chi connectivity index (χ1) is 9.19. The average Bonchev–Trinajstić information content (AvgIpc) is 2.45. The Balaban J connectivity index is 2.28. The summed E-state index contributed by atoms with van der Waals surface area (Å²) in [6.45, 7) is 0. The van der Waals surface area contributed by atoms with Crippen molar-refractivity contribution in [3.8, 4) is 11.3 Å². The Morgan fingerprint density at radius 3 is 2.53 bits per heavy atom. The number of nitrogens with zero attached hydrogens (tertiary/aromatic N) is 1. The van der Waals surface area contributed by atoms with Gasteiger partial charge in [-0.25, -0.2) is 0 Å². The molecule has 0 radical (unpaired) electrons. The van der Waals surface area contributed by atoms with Crippen LogP contribution >= 0.6 is 0 Å². The largest absolute Gasteiger partial charge is 0.299 e. The molecule has 1 aliphatic rings. The van der Waals surface area contributed by atoms with Crippen LogP contribution in [0.15, 0.2) is 54.7 Å². The SMILES string of the molecule is FC1(F)c2ccccc2-c2nccc3cccc1c23. The molecule has 0 saturated heterocycles. The van der Waals surface area contributed by atoms with E-state index >= 15 is 0 Å². The summed E-state index contributed by atoms with van der Waals surface area (Å²) in [6.07, 6.45) is 1.67. The van der Waals surface area contributed by atoms with E-state index < -0.39 is 5.92 Å². The van der Waals surface area contributed by atoms with E-state index in [-0.39, 0.29) is 11.1 Å². The Bertz CT molecular complexity index is 803. The number of halogens is 2. The van der Waals surface area contributed by atoms with Crippen LogP contribution in [0, 0.1) is 0 Å². The molecule has 3 aromatic rings. The molecule has 0 unspecified atom stereocenters. The number of aromatic nitrogens is 1. The summed E-state index contributed by atoms with van der Waals surface area (Å²) in [5.41, 5.74) is 1.26. The molecule has 0 spiro atoms. The highest BCUT2D eigenvalue weighted by molar-refractivity contribution is 6.00. The number of pyridine rings is 1. The normalized spacial score (nSPS) is 15.3. The van der Waals surface area contributed by atoms with Gasteiger partial charge in [-0.05, 0) is 11.5 Å². The van der Waals surface area contributed by atoms with Crippen molar-refractivity contribution in [2.75, 3.05) is 0 Å². The Morgan fingerprint density at radius 1 is 0.842 bits per heavy atom. The standard InChI is InChI=1S/C16H9F2N/c17-16(18)12-6-2-1-5-11(12)15-14-10(8-9-19-15)4-3-7-13(14)16/h1-9H. The molecule has 4 rings (SSSR count). The fraction of sp³-hybridized carbons (Fsp3) is 0.0625. The molecule has 1 nitrogen and oxygen atoms in total. The molecule has 1 aliphatic carbocycles. The van der Waals surface area contributed by atoms with E-state index in [2.05, 4.69) is 4.98 Å². The highest BCUT2D eigenvalue weighted by Gasteiger charge is 2.41. The van der Waals surface area contributed by atoms with Gasteiger partial charge in [0.2, 0.25) is 0 Å². The van der Waals surface area contributed by atoms with Crippen LogP contribution in [-0.4, -0.2) is 4.98 Å². The van der Waals surface area contributed by atoms with E-state index in [9.17, 15) is 8.78 Å². The lowest BCUT2D eigenvalue weighted by atomic mass is 9.84. The second-order valence-corrected chi connectivity index (χ2v) is 4.68. The zero-order chi connectivity index (χ0) is 13.0. The number of rotatable bonds is 0. The summed E-state index contributed by atoms with van der Waals surface area (Å²) in [7, 11) is 0. The third-order valence-corrected chi connectivity index (χ3v) is 3.65. The molecule has 0 bridgehead atoms. The van der Waals surface area contributed by atoms with Crippen LogP contribution in [0.5, 0.6) is 0 Å². The molecule has 2 aromatic carbocycles. The zero-order valence-electron chi connectivity index (χ0n) is 9.90. The first-order valence-corrected chi connectivity index (χ1v) is 6.05. The smallest absolute Gasteiger partial charge is 0.256 e. The van der Waals surface area contributed by atoms with Gasteiger partial charge in [-0.15, -0.1) is 0 Å². The van der Waals surface area contributed by atoms with E-state index in [1.54, 1.807) is 36.5 Å². The summed E-state index contributed by atoms with van der Waals surface area (Å²) < 4.78 is 29.2. The lowest BCUT2D eigenvalue weighted by Crippen LogP contribution is -2.20. The maximum Gasteiger partial charge on any atom is 0.299 e. The van der Waals surface area contributed by atoms with Gasteiger partial charge in [-0.2, -0.15) is 8.78 Å². The van der Waals surface area contributed by atoms with E-state index in [1.807, 2.05) is 6.07 Å². The van der Waals surface area contributed by atoms with Gasteiger partial charge in [0, 0.05) is 28.3 Å². The predicted molar refractivity (Wildman–Crippen MR) is 70.2 cm³/mol. The van der Waals surface area contributed by atoms with Gasteiger partial charge in [0.1, 0.15) is 0 Å². The van der Waals surface area contributed by atoms with Crippen LogP contribution in [0.3, 0.4) is 0 Å². The second-order valence-electron chi connectivity index (χ2n) is 4.68. The summed E-state index contributed by atoms with van der Waals surface area (Å²) in [5, 5.41) is 1.37. The third-order valence-electron chi connectivity index (χ3n) is 3.65. The highest BCUT2D eigenvalue weighted by atomic mass is 19.3. The minimum Gasteiger partial charge on any atom is -0.256 e. The third kappa shape index (κ3) is 1.24. The van der Waals surface area contributed by atoms with Gasteiger partial charge in [0.15, 0.2) is 0 Å². The van der Waals surface area contributed by atoms with Gasteiger partial charge >= 0.3 is 0 Å². The highest BCUT2D eigenvalue weighted by Crippen LogP contribution is 2.49. The van der Waals surface area contributed by atoms with Gasteiger partial charge < -0.3 is 0 Å². The van der Waals surface area contributed by atoms with E-state index in [4.69, 9.17) is 0 Å². The number of benzene rings is 2. The molecule has 0 aliphatic heterocycles. The first-order valence-electron chi connectivity index (χ1n) is 6.05. The van der Waals surface area contributed by atoms with E-state index in [0.29, 0.717) is 16.6 Å². The number of alkyl halides is 2. The number of hydrogen-bond donors (Lipinski definition) is 0. The van der Waals surface area contributed by atoms with Crippen molar-refractivity contribution in [3.05, 3.63) is 65.9 Å². The molecule has 0 atom stereocenters. The summed E-state index contributed by atoms with van der Waals surface area (Å²) in [4.78, 5) is 4.31. The molecule has 0 N–H and O–H groups in total. The fourth-order valence-corrected chi connectivity index (χ4v) is 2.80. The van der Waals surface area contributed by atoms with Crippen LogP contribution in [0.4, 0.5) is 8.78 Å². The molecule has 1 heterocycles. The summed E-state index contributed by atoms with van der Waals surface area (Å²) in [6, 6.07) is 13.4. The van der Waals surface area contributed by atoms with Crippen LogP contribution < -0.4 is 0 Å². The van der Waals surface area contributed by atoms with Gasteiger partial charge in [0.25, 0.3) is 5.92 Å². The maximum atomic E-state index is 14.6. The Morgan fingerprint density at radius 2 is 1.63 bits per heavy atom. The van der Waals surface area contributed by atoms with Crippen LogP contribution in [0.1, 0.15) is 11.1 Å². The molecule has 3 heteroatoms. The van der Waals surface area contributed by atoms with Crippen molar-refractivity contribution >= 4 is 10.8 Å². The van der Waals surface area contributed by atoms with Crippen molar-refractivity contribution in [1.29, 1.82) is 0 Å². The van der Waals surface area contributed by atoms with Crippen LogP contribution in [0.25, 0.3) is 22.0 Å². The molecule has 1 aromatic heterocycles. The first kappa shape index (κ1) is 10.6. The van der Waals surface area contributed by atoms with Crippen LogP contribution in [-0.2, 0) is 5.92 Å². The Kier molecular flexibility index (Phi) is 1.89. The number of fused-ring (bicyclic) bond motifs is 2. The van der Waals surface area contributed by atoms with Crippen molar-refractivity contribution in [2.24, 2.45) is 0 Å². The molecule has 19 heavy (non-hydrogen) atoms.